The quantitative estimate of drug-likeness (QED) is 0.739. The van der Waals surface area contributed by atoms with Crippen LogP contribution in [0.4, 0.5) is 0 Å². The van der Waals surface area contributed by atoms with E-state index in [1.807, 2.05) is 31.2 Å². The van der Waals surface area contributed by atoms with Gasteiger partial charge in [-0.2, -0.15) is 0 Å². The number of oxazole rings is 1. The highest BCUT2D eigenvalue weighted by atomic mass is 16.4. The molecule has 1 unspecified atom stereocenters. The zero-order chi connectivity index (χ0) is 13.4. The van der Waals surface area contributed by atoms with E-state index in [4.69, 9.17) is 4.42 Å². The monoisotopic (exact) mass is 255 g/mol. The van der Waals surface area contributed by atoms with Gasteiger partial charge in [-0.3, -0.25) is 4.98 Å². The van der Waals surface area contributed by atoms with E-state index in [9.17, 15) is 9.90 Å². The highest BCUT2D eigenvalue weighted by Gasteiger charge is 2.14. The van der Waals surface area contributed by atoms with Gasteiger partial charge in [0, 0.05) is 0 Å². The zero-order valence-corrected chi connectivity index (χ0v) is 10.4. The van der Waals surface area contributed by atoms with E-state index in [0.717, 1.165) is 11.1 Å². The Morgan fingerprint density at radius 1 is 1.21 bits per heavy atom. The first-order valence-corrected chi connectivity index (χ1v) is 6.01. The number of aliphatic hydroxyl groups is 1. The summed E-state index contributed by atoms with van der Waals surface area (Å²) in [5.74, 6) is -0.488. The van der Waals surface area contributed by atoms with Crippen molar-refractivity contribution in [2.24, 2.45) is 0 Å². The number of fused-ring (bicyclic) bond motifs is 1. The fourth-order valence-corrected chi connectivity index (χ4v) is 2.21. The summed E-state index contributed by atoms with van der Waals surface area (Å²) in [4.78, 5) is 13.7. The molecule has 0 radical (unpaired) electrons. The summed E-state index contributed by atoms with van der Waals surface area (Å²) < 4.78 is 5.00. The highest BCUT2D eigenvalue weighted by Crippen LogP contribution is 2.26. The number of aromatic nitrogens is 1. The van der Waals surface area contributed by atoms with Crippen LogP contribution >= 0.6 is 0 Å². The minimum Gasteiger partial charge on any atom is -0.408 e. The molecule has 0 bridgehead atoms. The van der Waals surface area contributed by atoms with Gasteiger partial charge >= 0.3 is 5.76 Å². The van der Waals surface area contributed by atoms with Crippen molar-refractivity contribution in [3.8, 4) is 0 Å². The molecule has 96 valence electrons. The van der Waals surface area contributed by atoms with Crippen molar-refractivity contribution in [2.45, 2.75) is 13.0 Å². The topological polar surface area (TPSA) is 66.2 Å². The van der Waals surface area contributed by atoms with Gasteiger partial charge < -0.3 is 9.52 Å². The van der Waals surface area contributed by atoms with Crippen LogP contribution in [0.15, 0.2) is 51.7 Å². The second-order valence-corrected chi connectivity index (χ2v) is 4.53. The third-order valence-corrected chi connectivity index (χ3v) is 3.24. The Labute approximate surface area is 109 Å². The molecular formula is C15H13NO3. The zero-order valence-electron chi connectivity index (χ0n) is 10.4. The Balaban J connectivity index is 2.08. The molecule has 1 heterocycles. The van der Waals surface area contributed by atoms with Crippen LogP contribution in [0.25, 0.3) is 11.1 Å². The van der Waals surface area contributed by atoms with Crippen LogP contribution in [0.1, 0.15) is 22.8 Å². The lowest BCUT2D eigenvalue weighted by Gasteiger charge is -2.13. The molecule has 3 rings (SSSR count). The van der Waals surface area contributed by atoms with Crippen LogP contribution in [-0.4, -0.2) is 10.1 Å². The molecule has 19 heavy (non-hydrogen) atoms. The average molecular weight is 255 g/mol. The van der Waals surface area contributed by atoms with Gasteiger partial charge in [-0.25, -0.2) is 4.79 Å². The molecule has 0 spiro atoms. The van der Waals surface area contributed by atoms with Gasteiger partial charge in [0.1, 0.15) is 6.10 Å². The van der Waals surface area contributed by atoms with Crippen molar-refractivity contribution in [1.82, 2.24) is 4.98 Å². The summed E-state index contributed by atoms with van der Waals surface area (Å²) in [6.45, 7) is 1.95. The van der Waals surface area contributed by atoms with Gasteiger partial charge in [-0.15, -0.1) is 0 Å². The van der Waals surface area contributed by atoms with Crippen LogP contribution in [0.5, 0.6) is 0 Å². The number of aliphatic hydroxyl groups excluding tert-OH is 1. The van der Waals surface area contributed by atoms with Crippen molar-refractivity contribution in [2.75, 3.05) is 0 Å². The highest BCUT2D eigenvalue weighted by molar-refractivity contribution is 5.73. The first-order chi connectivity index (χ1) is 9.15. The predicted molar refractivity (Wildman–Crippen MR) is 72.1 cm³/mol. The average Bonchev–Trinajstić information content (AvgIpc) is 2.77. The number of aryl methyl sites for hydroxylation is 1. The number of hydrogen-bond donors (Lipinski definition) is 2. The Morgan fingerprint density at radius 3 is 2.79 bits per heavy atom. The normalized spacial score (nSPS) is 12.7. The van der Waals surface area contributed by atoms with Gasteiger partial charge in [0.15, 0.2) is 5.58 Å². The van der Waals surface area contributed by atoms with E-state index >= 15 is 0 Å². The number of nitrogens with one attached hydrogen (secondary N) is 1. The number of rotatable bonds is 2. The van der Waals surface area contributed by atoms with Crippen LogP contribution in [0, 0.1) is 6.92 Å². The maximum Gasteiger partial charge on any atom is 0.417 e. The van der Waals surface area contributed by atoms with Crippen molar-refractivity contribution >= 4 is 11.1 Å². The largest absolute Gasteiger partial charge is 0.417 e. The van der Waals surface area contributed by atoms with Gasteiger partial charge in [0.05, 0.1) is 5.52 Å². The van der Waals surface area contributed by atoms with E-state index in [1.54, 1.807) is 18.2 Å². The van der Waals surface area contributed by atoms with Crippen molar-refractivity contribution < 1.29 is 9.52 Å². The molecule has 0 aliphatic carbocycles. The summed E-state index contributed by atoms with van der Waals surface area (Å²) >= 11 is 0. The van der Waals surface area contributed by atoms with Crippen LogP contribution in [0.2, 0.25) is 0 Å². The second kappa shape index (κ2) is 4.40. The molecule has 4 nitrogen and oxygen atoms in total. The molecule has 4 heteroatoms. The Hall–Kier alpha value is -2.33. The van der Waals surface area contributed by atoms with Crippen molar-refractivity contribution in [1.29, 1.82) is 0 Å². The number of benzene rings is 2. The first kappa shape index (κ1) is 11.7. The van der Waals surface area contributed by atoms with E-state index in [-0.39, 0.29) is 0 Å². The molecule has 3 aromatic rings. The van der Waals surface area contributed by atoms with Gasteiger partial charge in [-0.05, 0) is 35.7 Å². The predicted octanol–water partition coefficient (Wildman–Crippen LogP) is 2.51. The fraction of sp³-hybridized carbons (Fsp3) is 0.133. The molecular weight excluding hydrogens is 242 g/mol. The van der Waals surface area contributed by atoms with Gasteiger partial charge in [-0.1, -0.05) is 30.3 Å². The van der Waals surface area contributed by atoms with Crippen LogP contribution in [0.3, 0.4) is 0 Å². The molecule has 0 saturated carbocycles. The number of hydrogen-bond acceptors (Lipinski definition) is 3. The summed E-state index contributed by atoms with van der Waals surface area (Å²) in [6, 6.07) is 12.9. The maximum absolute atomic E-state index is 11.1. The van der Waals surface area contributed by atoms with Gasteiger partial charge in [0.25, 0.3) is 0 Å². The summed E-state index contributed by atoms with van der Waals surface area (Å²) in [5.41, 5.74) is 3.65. The lowest BCUT2D eigenvalue weighted by atomic mass is 9.97. The smallest absolute Gasteiger partial charge is 0.408 e. The summed E-state index contributed by atoms with van der Waals surface area (Å²) in [6.07, 6.45) is -0.731. The van der Waals surface area contributed by atoms with E-state index in [0.29, 0.717) is 16.7 Å². The lowest BCUT2D eigenvalue weighted by molar-refractivity contribution is 0.219. The standard InChI is InChI=1S/C15H13NO3/c1-9-4-2-3-5-11(9)14(17)10-6-7-12-13(8-10)19-15(18)16-12/h2-8,14,17H,1H3,(H,16,18). The molecule has 1 atom stereocenters. The molecule has 0 amide bonds. The third-order valence-electron chi connectivity index (χ3n) is 3.24. The first-order valence-electron chi connectivity index (χ1n) is 6.01. The van der Waals surface area contributed by atoms with Crippen LogP contribution < -0.4 is 5.76 Å². The minimum absolute atomic E-state index is 0.454. The van der Waals surface area contributed by atoms with Crippen molar-refractivity contribution in [3.63, 3.8) is 0 Å². The van der Waals surface area contributed by atoms with E-state index in [1.165, 1.54) is 0 Å². The third kappa shape index (κ3) is 2.06. The Morgan fingerprint density at radius 2 is 2.00 bits per heavy atom. The molecule has 0 fully saturated rings. The fourth-order valence-electron chi connectivity index (χ4n) is 2.21. The lowest BCUT2D eigenvalue weighted by Crippen LogP contribution is -2.01. The summed E-state index contributed by atoms with van der Waals surface area (Å²) in [5, 5.41) is 10.4. The molecule has 2 N–H and O–H groups in total. The van der Waals surface area contributed by atoms with E-state index in [2.05, 4.69) is 4.98 Å². The molecule has 2 aromatic carbocycles. The van der Waals surface area contributed by atoms with Gasteiger partial charge in [0.2, 0.25) is 0 Å². The van der Waals surface area contributed by atoms with Crippen LogP contribution in [-0.2, 0) is 0 Å². The summed E-state index contributed by atoms with van der Waals surface area (Å²) in [7, 11) is 0. The minimum atomic E-state index is -0.731. The maximum atomic E-state index is 11.1. The second-order valence-electron chi connectivity index (χ2n) is 4.53. The molecule has 0 aliphatic rings. The van der Waals surface area contributed by atoms with E-state index < -0.39 is 11.9 Å². The Kier molecular flexibility index (Phi) is 2.72. The Bertz CT molecular complexity index is 785. The molecule has 0 saturated heterocycles. The molecule has 1 aromatic heterocycles. The van der Waals surface area contributed by atoms with Crippen molar-refractivity contribution in [3.05, 3.63) is 69.7 Å². The SMILES string of the molecule is Cc1ccccc1C(O)c1ccc2[nH]c(=O)oc2c1. The number of H-pyrrole nitrogens is 1. The molecule has 0 aliphatic heterocycles. The number of aromatic amines is 1.